The maximum atomic E-state index is 12.4. The summed E-state index contributed by atoms with van der Waals surface area (Å²) >= 11 is 5.86. The average Bonchev–Trinajstić information content (AvgIpc) is 2.86. The molecular formula is C18H23ClN2O4. The zero-order valence-corrected chi connectivity index (χ0v) is 15.0. The predicted octanol–water partition coefficient (Wildman–Crippen LogP) is 2.60. The third-order valence-corrected chi connectivity index (χ3v) is 5.05. The number of fused-ring (bicyclic) bond motifs is 1. The van der Waals surface area contributed by atoms with E-state index in [1.54, 1.807) is 17.0 Å². The number of ether oxygens (including phenoxy) is 1. The summed E-state index contributed by atoms with van der Waals surface area (Å²) in [7, 11) is 0. The molecule has 2 aliphatic heterocycles. The Balaban J connectivity index is 1.52. The van der Waals surface area contributed by atoms with Gasteiger partial charge in [0.25, 0.3) is 5.91 Å². The van der Waals surface area contributed by atoms with Gasteiger partial charge in [-0.1, -0.05) is 23.7 Å². The highest BCUT2D eigenvalue weighted by Crippen LogP contribution is 2.27. The zero-order valence-electron chi connectivity index (χ0n) is 14.2. The summed E-state index contributed by atoms with van der Waals surface area (Å²) in [6.45, 7) is 2.51. The maximum absolute atomic E-state index is 12.4. The Morgan fingerprint density at radius 2 is 2.00 bits per heavy atom. The van der Waals surface area contributed by atoms with E-state index in [1.165, 1.54) is 0 Å². The second-order valence-corrected chi connectivity index (χ2v) is 7.05. The molecule has 0 saturated carbocycles. The molecule has 6 nitrogen and oxygen atoms in total. The summed E-state index contributed by atoms with van der Waals surface area (Å²) in [6, 6.07) is 6.66. The number of rotatable bonds is 6. The lowest BCUT2D eigenvalue weighted by Gasteiger charge is -2.26. The molecule has 2 saturated heterocycles. The Hall–Kier alpha value is -1.63. The molecule has 0 spiro atoms. The van der Waals surface area contributed by atoms with Crippen molar-refractivity contribution in [3.05, 3.63) is 34.9 Å². The van der Waals surface area contributed by atoms with Gasteiger partial charge in [-0.25, -0.2) is 4.79 Å². The molecule has 7 heteroatoms. The minimum Gasteiger partial charge on any atom is -0.389 e. The number of nitrogens with zero attached hydrogens (tertiary/aromatic N) is 2. The number of halogens is 1. The average molecular weight is 367 g/mol. The first-order chi connectivity index (χ1) is 12.0. The molecule has 25 heavy (non-hydrogen) atoms. The summed E-state index contributed by atoms with van der Waals surface area (Å²) in [6.07, 6.45) is 1.46. The molecule has 1 aromatic rings. The van der Waals surface area contributed by atoms with Crippen molar-refractivity contribution < 1.29 is 19.4 Å². The van der Waals surface area contributed by atoms with Crippen molar-refractivity contribution in [1.82, 2.24) is 9.80 Å². The number of β-amino-alcohol motifs (C(OH)–C–C–N with tert-alkyl or cyclic N) is 1. The predicted molar refractivity (Wildman–Crippen MR) is 93.3 cm³/mol. The molecule has 1 aromatic carbocycles. The van der Waals surface area contributed by atoms with E-state index in [0.29, 0.717) is 18.0 Å². The highest BCUT2D eigenvalue weighted by Gasteiger charge is 2.46. The topological polar surface area (TPSA) is 70.1 Å². The Labute approximate surface area is 152 Å². The van der Waals surface area contributed by atoms with Gasteiger partial charge in [0, 0.05) is 11.6 Å². The van der Waals surface area contributed by atoms with Gasteiger partial charge in [0.15, 0.2) is 0 Å². The summed E-state index contributed by atoms with van der Waals surface area (Å²) in [5.74, 6) is -0.200. The smallest absolute Gasteiger partial charge is 0.327 e. The number of carbonyl (C=O) groups excluding carboxylic acids is 2. The maximum Gasteiger partial charge on any atom is 0.327 e. The van der Waals surface area contributed by atoms with Crippen LogP contribution in [0.2, 0.25) is 5.02 Å². The van der Waals surface area contributed by atoms with Crippen LogP contribution in [0.5, 0.6) is 0 Å². The van der Waals surface area contributed by atoms with Gasteiger partial charge >= 0.3 is 6.03 Å². The third kappa shape index (κ3) is 3.97. The minimum atomic E-state index is -0.913. The highest BCUT2D eigenvalue weighted by molar-refractivity contribution is 6.30. The third-order valence-electron chi connectivity index (χ3n) is 4.80. The molecule has 2 aliphatic rings. The monoisotopic (exact) mass is 366 g/mol. The number of benzene rings is 1. The Bertz CT molecular complexity index is 612. The number of urea groups is 1. The SMILES string of the molecule is C[C@H](OC[C@@H](O)CN1C(=O)[C@@H]2CCCCN2C1=O)c1ccc(Cl)cc1. The lowest BCUT2D eigenvalue weighted by Crippen LogP contribution is -2.40. The van der Waals surface area contributed by atoms with E-state index in [1.807, 2.05) is 19.1 Å². The fourth-order valence-electron chi connectivity index (χ4n) is 3.36. The number of piperidine rings is 1. The van der Waals surface area contributed by atoms with Crippen LogP contribution in [-0.2, 0) is 9.53 Å². The number of hydrogen-bond acceptors (Lipinski definition) is 4. The van der Waals surface area contributed by atoms with Crippen molar-refractivity contribution in [2.75, 3.05) is 19.7 Å². The van der Waals surface area contributed by atoms with Crippen molar-refractivity contribution in [3.63, 3.8) is 0 Å². The van der Waals surface area contributed by atoms with E-state index in [0.717, 1.165) is 23.3 Å². The minimum absolute atomic E-state index is 0.0298. The molecule has 0 aliphatic carbocycles. The molecule has 1 N–H and O–H groups in total. The number of aliphatic hydroxyl groups is 1. The van der Waals surface area contributed by atoms with E-state index in [9.17, 15) is 14.7 Å². The molecule has 2 fully saturated rings. The standard InChI is InChI=1S/C18H23ClN2O4/c1-12(13-5-7-14(19)8-6-13)25-11-15(22)10-21-17(23)16-4-2-3-9-20(16)18(21)24/h5-8,12,15-16,22H,2-4,9-11H2,1H3/t12-,15-,16-/m0/s1. The molecule has 3 rings (SSSR count). The van der Waals surface area contributed by atoms with E-state index < -0.39 is 6.10 Å². The summed E-state index contributed by atoms with van der Waals surface area (Å²) in [4.78, 5) is 27.5. The van der Waals surface area contributed by atoms with E-state index >= 15 is 0 Å². The Kier molecular flexibility index (Phi) is 5.61. The van der Waals surface area contributed by atoms with Crippen molar-refractivity contribution in [2.24, 2.45) is 0 Å². The molecule has 0 aromatic heterocycles. The van der Waals surface area contributed by atoms with Crippen LogP contribution in [0.3, 0.4) is 0 Å². The molecule has 0 unspecified atom stereocenters. The number of hydrogen-bond donors (Lipinski definition) is 1. The first kappa shape index (κ1) is 18.2. The van der Waals surface area contributed by atoms with Gasteiger partial charge in [0.2, 0.25) is 0 Å². The number of carbonyl (C=O) groups is 2. The van der Waals surface area contributed by atoms with E-state index in [4.69, 9.17) is 16.3 Å². The normalized spacial score (nSPS) is 22.9. The first-order valence-electron chi connectivity index (χ1n) is 8.64. The number of amides is 3. The summed E-state index contributed by atoms with van der Waals surface area (Å²) in [5.41, 5.74) is 0.946. The second kappa shape index (κ2) is 7.72. The zero-order chi connectivity index (χ0) is 18.0. The molecule has 3 amide bonds. The highest BCUT2D eigenvalue weighted by atomic mass is 35.5. The number of aliphatic hydroxyl groups excluding tert-OH is 1. The fraction of sp³-hybridized carbons (Fsp3) is 0.556. The van der Waals surface area contributed by atoms with Crippen LogP contribution in [0.4, 0.5) is 4.79 Å². The molecule has 136 valence electrons. The quantitative estimate of drug-likeness (QED) is 0.785. The van der Waals surface area contributed by atoms with Crippen molar-refractivity contribution in [2.45, 2.75) is 44.4 Å². The Morgan fingerprint density at radius 1 is 1.28 bits per heavy atom. The van der Waals surface area contributed by atoms with Gasteiger partial charge in [-0.3, -0.25) is 9.69 Å². The van der Waals surface area contributed by atoms with Crippen molar-refractivity contribution >= 4 is 23.5 Å². The van der Waals surface area contributed by atoms with Crippen LogP contribution in [0.15, 0.2) is 24.3 Å². The largest absolute Gasteiger partial charge is 0.389 e. The van der Waals surface area contributed by atoms with Gasteiger partial charge < -0.3 is 14.7 Å². The van der Waals surface area contributed by atoms with Crippen molar-refractivity contribution in [1.29, 1.82) is 0 Å². The van der Waals surface area contributed by atoms with Crippen LogP contribution in [0.1, 0.15) is 37.9 Å². The van der Waals surface area contributed by atoms with Crippen LogP contribution in [-0.4, -0.2) is 58.7 Å². The van der Waals surface area contributed by atoms with Gasteiger partial charge in [0.1, 0.15) is 6.04 Å². The first-order valence-corrected chi connectivity index (χ1v) is 9.02. The summed E-state index contributed by atoms with van der Waals surface area (Å²) in [5, 5.41) is 10.9. The van der Waals surface area contributed by atoms with E-state index in [2.05, 4.69) is 0 Å². The number of imide groups is 1. The van der Waals surface area contributed by atoms with Gasteiger partial charge in [0.05, 0.1) is 25.4 Å². The molecule has 2 heterocycles. The molecule has 3 atom stereocenters. The lowest BCUT2D eigenvalue weighted by atomic mass is 10.0. The van der Waals surface area contributed by atoms with Crippen LogP contribution in [0.25, 0.3) is 0 Å². The lowest BCUT2D eigenvalue weighted by molar-refractivity contribution is -0.130. The van der Waals surface area contributed by atoms with Gasteiger partial charge in [-0.05, 0) is 43.9 Å². The summed E-state index contributed by atoms with van der Waals surface area (Å²) < 4.78 is 5.67. The van der Waals surface area contributed by atoms with Crippen LogP contribution < -0.4 is 0 Å². The van der Waals surface area contributed by atoms with E-state index in [-0.39, 0.29) is 37.2 Å². The molecule has 0 radical (unpaired) electrons. The van der Waals surface area contributed by atoms with Gasteiger partial charge in [-0.2, -0.15) is 0 Å². The fourth-order valence-corrected chi connectivity index (χ4v) is 3.49. The Morgan fingerprint density at radius 3 is 2.68 bits per heavy atom. The second-order valence-electron chi connectivity index (χ2n) is 6.62. The van der Waals surface area contributed by atoms with Gasteiger partial charge in [-0.15, -0.1) is 0 Å². The van der Waals surface area contributed by atoms with Crippen LogP contribution in [0, 0.1) is 0 Å². The molecule has 0 bridgehead atoms. The molecular weight excluding hydrogens is 344 g/mol. The van der Waals surface area contributed by atoms with Crippen molar-refractivity contribution in [3.8, 4) is 0 Å². The van der Waals surface area contributed by atoms with Crippen LogP contribution >= 0.6 is 11.6 Å².